The number of hydrogen-bond donors (Lipinski definition) is 0. The maximum atomic E-state index is 2.47. The van der Waals surface area contributed by atoms with Crippen LogP contribution in [0.25, 0.3) is 0 Å². The standard InChI is InChI=1S/C10H18/c1-5-10(7(2)3)8-6-9(8,10)4/h7-8H,5-6H2,1-4H3. The zero-order chi connectivity index (χ0) is 7.57. The summed E-state index contributed by atoms with van der Waals surface area (Å²) < 4.78 is 0. The topological polar surface area (TPSA) is 0 Å². The molecule has 0 nitrogen and oxygen atoms in total. The number of fused-ring (bicyclic) bond motifs is 1. The maximum Gasteiger partial charge on any atom is -0.0186 e. The van der Waals surface area contributed by atoms with E-state index in [-0.39, 0.29) is 0 Å². The third kappa shape index (κ3) is 0.408. The molecule has 2 rings (SSSR count). The van der Waals surface area contributed by atoms with Gasteiger partial charge in [-0.15, -0.1) is 0 Å². The molecular formula is C10H18. The van der Waals surface area contributed by atoms with E-state index in [1.165, 1.54) is 12.8 Å². The smallest absolute Gasteiger partial charge is 0.0186 e. The van der Waals surface area contributed by atoms with Gasteiger partial charge >= 0.3 is 0 Å². The van der Waals surface area contributed by atoms with Gasteiger partial charge in [0.15, 0.2) is 0 Å². The van der Waals surface area contributed by atoms with Crippen molar-refractivity contribution in [3.05, 3.63) is 0 Å². The molecule has 0 radical (unpaired) electrons. The lowest BCUT2D eigenvalue weighted by atomic mass is 9.76. The van der Waals surface area contributed by atoms with Gasteiger partial charge in [-0.1, -0.05) is 27.7 Å². The average Bonchev–Trinajstić information content (AvgIpc) is 2.57. The van der Waals surface area contributed by atoms with Gasteiger partial charge in [0, 0.05) is 0 Å². The molecule has 2 saturated carbocycles. The lowest BCUT2D eigenvalue weighted by Gasteiger charge is -2.28. The highest BCUT2D eigenvalue weighted by molar-refractivity contribution is 5.32. The second-order valence-corrected chi connectivity index (χ2v) is 4.72. The van der Waals surface area contributed by atoms with Crippen LogP contribution in [-0.4, -0.2) is 0 Å². The normalized spacial score (nSPS) is 56.7. The molecule has 2 fully saturated rings. The van der Waals surface area contributed by atoms with Crippen LogP contribution in [0, 0.1) is 22.7 Å². The van der Waals surface area contributed by atoms with E-state index in [0.717, 1.165) is 22.7 Å². The van der Waals surface area contributed by atoms with Gasteiger partial charge in [-0.05, 0) is 35.5 Å². The van der Waals surface area contributed by atoms with E-state index >= 15 is 0 Å². The SMILES string of the molecule is CCC1(C(C)C)C2CC21C. The highest BCUT2D eigenvalue weighted by Gasteiger charge is 2.85. The van der Waals surface area contributed by atoms with E-state index in [1.807, 2.05) is 0 Å². The fraction of sp³-hybridized carbons (Fsp3) is 1.00. The summed E-state index contributed by atoms with van der Waals surface area (Å²) >= 11 is 0. The van der Waals surface area contributed by atoms with Crippen LogP contribution in [0.3, 0.4) is 0 Å². The average molecular weight is 138 g/mol. The van der Waals surface area contributed by atoms with Gasteiger partial charge in [0.2, 0.25) is 0 Å². The molecule has 0 heterocycles. The third-order valence-corrected chi connectivity index (χ3v) is 4.45. The van der Waals surface area contributed by atoms with Gasteiger partial charge in [0.05, 0.1) is 0 Å². The van der Waals surface area contributed by atoms with Gasteiger partial charge < -0.3 is 0 Å². The fourth-order valence-corrected chi connectivity index (χ4v) is 3.62. The molecule has 0 amide bonds. The molecule has 0 saturated heterocycles. The molecule has 3 unspecified atom stereocenters. The summed E-state index contributed by atoms with van der Waals surface area (Å²) in [5, 5.41) is 0. The first-order valence-electron chi connectivity index (χ1n) is 4.59. The number of rotatable bonds is 2. The van der Waals surface area contributed by atoms with E-state index in [2.05, 4.69) is 27.7 Å². The summed E-state index contributed by atoms with van der Waals surface area (Å²) in [6.45, 7) is 9.61. The molecule has 0 bridgehead atoms. The summed E-state index contributed by atoms with van der Waals surface area (Å²) in [6, 6.07) is 0. The van der Waals surface area contributed by atoms with Crippen LogP contribution in [-0.2, 0) is 0 Å². The van der Waals surface area contributed by atoms with Gasteiger partial charge in [-0.3, -0.25) is 0 Å². The van der Waals surface area contributed by atoms with Gasteiger partial charge in [-0.25, -0.2) is 0 Å². The van der Waals surface area contributed by atoms with Crippen molar-refractivity contribution in [1.82, 2.24) is 0 Å². The lowest BCUT2D eigenvalue weighted by molar-refractivity contribution is 0.206. The summed E-state index contributed by atoms with van der Waals surface area (Å²) in [5.41, 5.74) is 1.59. The Hall–Kier alpha value is 0. The second kappa shape index (κ2) is 1.44. The molecule has 0 spiro atoms. The van der Waals surface area contributed by atoms with Crippen molar-refractivity contribution in [2.24, 2.45) is 22.7 Å². The third-order valence-electron chi connectivity index (χ3n) is 4.45. The first kappa shape index (κ1) is 6.69. The molecule has 3 atom stereocenters. The highest BCUT2D eigenvalue weighted by atomic mass is 14.9. The highest BCUT2D eigenvalue weighted by Crippen LogP contribution is 2.91. The monoisotopic (exact) mass is 138 g/mol. The molecule has 58 valence electrons. The van der Waals surface area contributed by atoms with Crippen LogP contribution >= 0.6 is 0 Å². The van der Waals surface area contributed by atoms with Crippen LogP contribution in [0.2, 0.25) is 0 Å². The summed E-state index contributed by atoms with van der Waals surface area (Å²) in [7, 11) is 0. The van der Waals surface area contributed by atoms with Gasteiger partial charge in [-0.2, -0.15) is 0 Å². The molecule has 10 heavy (non-hydrogen) atoms. The lowest BCUT2D eigenvalue weighted by Crippen LogP contribution is -2.21. The summed E-state index contributed by atoms with van der Waals surface area (Å²) in [5.74, 6) is 2.03. The molecule has 0 aromatic rings. The van der Waals surface area contributed by atoms with Crippen molar-refractivity contribution in [3.8, 4) is 0 Å². The van der Waals surface area contributed by atoms with Crippen molar-refractivity contribution in [1.29, 1.82) is 0 Å². The molecule has 0 aliphatic heterocycles. The van der Waals surface area contributed by atoms with E-state index in [4.69, 9.17) is 0 Å². The summed E-state index contributed by atoms with van der Waals surface area (Å²) in [4.78, 5) is 0. The van der Waals surface area contributed by atoms with Gasteiger partial charge in [0.25, 0.3) is 0 Å². The van der Waals surface area contributed by atoms with Crippen molar-refractivity contribution >= 4 is 0 Å². The Morgan fingerprint density at radius 2 is 2.00 bits per heavy atom. The molecule has 2 aliphatic rings. The minimum atomic E-state index is 0.785. The Kier molecular flexibility index (Phi) is 0.964. The fourth-order valence-electron chi connectivity index (χ4n) is 3.62. The zero-order valence-electron chi connectivity index (χ0n) is 7.57. The molecule has 0 N–H and O–H groups in total. The molecule has 0 aromatic heterocycles. The molecule has 2 aliphatic carbocycles. The molecule has 0 aromatic carbocycles. The first-order valence-corrected chi connectivity index (χ1v) is 4.59. The van der Waals surface area contributed by atoms with Crippen LogP contribution in [0.5, 0.6) is 0 Å². The van der Waals surface area contributed by atoms with Crippen LogP contribution in [0.1, 0.15) is 40.5 Å². The maximum absolute atomic E-state index is 2.47. The predicted octanol–water partition coefficient (Wildman–Crippen LogP) is 3.08. The van der Waals surface area contributed by atoms with Crippen molar-refractivity contribution < 1.29 is 0 Å². The minimum absolute atomic E-state index is 0.785. The molecule has 0 heteroatoms. The van der Waals surface area contributed by atoms with Crippen LogP contribution < -0.4 is 0 Å². The van der Waals surface area contributed by atoms with Crippen molar-refractivity contribution in [2.45, 2.75) is 40.5 Å². The quantitative estimate of drug-likeness (QED) is 0.550. The van der Waals surface area contributed by atoms with E-state index < -0.39 is 0 Å². The van der Waals surface area contributed by atoms with Crippen molar-refractivity contribution in [3.63, 3.8) is 0 Å². The Bertz CT molecular complexity index is 167. The van der Waals surface area contributed by atoms with E-state index in [1.54, 1.807) is 0 Å². The Morgan fingerprint density at radius 1 is 1.50 bits per heavy atom. The predicted molar refractivity (Wildman–Crippen MR) is 43.8 cm³/mol. The minimum Gasteiger partial charge on any atom is -0.0648 e. The van der Waals surface area contributed by atoms with E-state index in [9.17, 15) is 0 Å². The van der Waals surface area contributed by atoms with Gasteiger partial charge in [0.1, 0.15) is 0 Å². The largest absolute Gasteiger partial charge is 0.0648 e. The number of hydrogen-bond acceptors (Lipinski definition) is 0. The van der Waals surface area contributed by atoms with Crippen LogP contribution in [0.4, 0.5) is 0 Å². The summed E-state index contributed by atoms with van der Waals surface area (Å²) in [6.07, 6.45) is 2.94. The Morgan fingerprint density at radius 3 is 2.00 bits per heavy atom. The Labute approximate surface area is 64.0 Å². The Balaban J connectivity index is 2.16. The zero-order valence-corrected chi connectivity index (χ0v) is 7.57. The van der Waals surface area contributed by atoms with Crippen molar-refractivity contribution in [2.75, 3.05) is 0 Å². The van der Waals surface area contributed by atoms with Crippen LogP contribution in [0.15, 0.2) is 0 Å². The second-order valence-electron chi connectivity index (χ2n) is 4.72. The van der Waals surface area contributed by atoms with E-state index in [0.29, 0.717) is 0 Å². The molecular weight excluding hydrogens is 120 g/mol. The first-order chi connectivity index (χ1) is 4.59.